The average molecular weight is 369 g/mol. The Morgan fingerprint density at radius 2 is 2.05 bits per heavy atom. The summed E-state index contributed by atoms with van der Waals surface area (Å²) < 4.78 is 5.81. The van der Waals surface area contributed by atoms with Crippen LogP contribution in [-0.4, -0.2) is 30.3 Å². The van der Waals surface area contributed by atoms with Gasteiger partial charge in [-0.25, -0.2) is 0 Å². The molecule has 0 aliphatic heterocycles. The van der Waals surface area contributed by atoms with E-state index in [0.29, 0.717) is 22.2 Å². The summed E-state index contributed by atoms with van der Waals surface area (Å²) in [6.07, 6.45) is 0.660. The summed E-state index contributed by atoms with van der Waals surface area (Å²) in [6, 6.07) is 5.21. The van der Waals surface area contributed by atoms with Gasteiger partial charge >= 0.3 is 0 Å². The van der Waals surface area contributed by atoms with Crippen molar-refractivity contribution in [3.8, 4) is 5.75 Å². The molecule has 1 aromatic carbocycles. The average Bonchev–Trinajstić information content (AvgIpc) is 2.45. The number of rotatable bonds is 6. The largest absolute Gasteiger partial charge is 0.497 e. The SMILES string of the molecule is CCC(CCl)(CCl)NC(=O)c1cc(OC)ccc1Br. The number of methoxy groups -OCH3 is 1. The van der Waals surface area contributed by atoms with E-state index in [1.165, 1.54) is 0 Å². The summed E-state index contributed by atoms with van der Waals surface area (Å²) in [5, 5.41) is 2.90. The second-order valence-corrected chi connectivity index (χ2v) is 5.59. The second-order valence-electron chi connectivity index (χ2n) is 4.20. The van der Waals surface area contributed by atoms with Crippen LogP contribution in [0.2, 0.25) is 0 Å². The fraction of sp³-hybridized carbons (Fsp3) is 0.462. The Labute approximate surface area is 131 Å². The van der Waals surface area contributed by atoms with E-state index in [0.717, 1.165) is 0 Å². The number of halogens is 3. The molecule has 6 heteroatoms. The van der Waals surface area contributed by atoms with Gasteiger partial charge in [-0.05, 0) is 40.5 Å². The molecule has 1 aromatic rings. The van der Waals surface area contributed by atoms with E-state index in [9.17, 15) is 4.79 Å². The first-order chi connectivity index (χ1) is 9.01. The number of nitrogens with one attached hydrogen (secondary N) is 1. The Hall–Kier alpha value is -0.450. The van der Waals surface area contributed by atoms with E-state index in [2.05, 4.69) is 21.2 Å². The van der Waals surface area contributed by atoms with Crippen LogP contribution in [0.25, 0.3) is 0 Å². The predicted molar refractivity (Wildman–Crippen MR) is 82.6 cm³/mol. The highest BCUT2D eigenvalue weighted by Crippen LogP contribution is 2.24. The molecule has 0 aliphatic carbocycles. The molecule has 0 aromatic heterocycles. The van der Waals surface area contributed by atoms with E-state index >= 15 is 0 Å². The third-order valence-corrected chi connectivity index (χ3v) is 4.70. The molecular formula is C13H16BrCl2NO2. The van der Waals surface area contributed by atoms with Crippen molar-refractivity contribution in [1.82, 2.24) is 5.32 Å². The van der Waals surface area contributed by atoms with Crippen molar-refractivity contribution in [2.24, 2.45) is 0 Å². The van der Waals surface area contributed by atoms with Gasteiger partial charge in [0, 0.05) is 16.2 Å². The van der Waals surface area contributed by atoms with Crippen LogP contribution in [0, 0.1) is 0 Å². The first-order valence-corrected chi connectivity index (χ1v) is 7.66. The van der Waals surface area contributed by atoms with Crippen molar-refractivity contribution in [2.45, 2.75) is 18.9 Å². The molecular weight excluding hydrogens is 353 g/mol. The lowest BCUT2D eigenvalue weighted by molar-refractivity contribution is 0.0912. The lowest BCUT2D eigenvalue weighted by atomic mass is 10.0. The van der Waals surface area contributed by atoms with Gasteiger partial charge < -0.3 is 10.1 Å². The normalized spacial score (nSPS) is 11.2. The highest BCUT2D eigenvalue weighted by Gasteiger charge is 2.29. The van der Waals surface area contributed by atoms with Gasteiger partial charge in [0.2, 0.25) is 0 Å². The number of alkyl halides is 2. The molecule has 106 valence electrons. The second kappa shape index (κ2) is 7.36. The Morgan fingerprint density at radius 3 is 2.53 bits per heavy atom. The lowest BCUT2D eigenvalue weighted by Gasteiger charge is -2.29. The highest BCUT2D eigenvalue weighted by atomic mass is 79.9. The summed E-state index contributed by atoms with van der Waals surface area (Å²) in [5.74, 6) is 0.918. The topological polar surface area (TPSA) is 38.3 Å². The number of ether oxygens (including phenoxy) is 1. The van der Waals surface area contributed by atoms with Crippen LogP contribution in [0.3, 0.4) is 0 Å². The molecule has 0 bridgehead atoms. The third-order valence-electron chi connectivity index (χ3n) is 2.99. The van der Waals surface area contributed by atoms with Gasteiger partial charge in [0.25, 0.3) is 5.91 Å². The fourth-order valence-electron chi connectivity index (χ4n) is 1.49. The molecule has 1 rings (SSSR count). The zero-order chi connectivity index (χ0) is 14.5. The summed E-state index contributed by atoms with van der Waals surface area (Å²) in [4.78, 5) is 12.3. The van der Waals surface area contributed by atoms with Crippen LogP contribution in [0.1, 0.15) is 23.7 Å². The Morgan fingerprint density at radius 1 is 1.42 bits per heavy atom. The number of hydrogen-bond donors (Lipinski definition) is 1. The van der Waals surface area contributed by atoms with Gasteiger partial charge in [0.15, 0.2) is 0 Å². The van der Waals surface area contributed by atoms with E-state index in [4.69, 9.17) is 27.9 Å². The van der Waals surface area contributed by atoms with E-state index in [1.54, 1.807) is 25.3 Å². The van der Waals surface area contributed by atoms with Gasteiger partial charge in [0.1, 0.15) is 5.75 Å². The van der Waals surface area contributed by atoms with E-state index in [-0.39, 0.29) is 17.7 Å². The van der Waals surface area contributed by atoms with Crippen molar-refractivity contribution in [3.63, 3.8) is 0 Å². The Balaban J connectivity index is 3.00. The zero-order valence-corrected chi connectivity index (χ0v) is 13.9. The summed E-state index contributed by atoms with van der Waals surface area (Å²) >= 11 is 15.2. The molecule has 1 amide bonds. The Kier molecular flexibility index (Phi) is 6.43. The van der Waals surface area contributed by atoms with Crippen LogP contribution in [0.4, 0.5) is 0 Å². The predicted octanol–water partition coefficient (Wildman–Crippen LogP) is 3.81. The molecule has 0 heterocycles. The van der Waals surface area contributed by atoms with Gasteiger partial charge in [-0.15, -0.1) is 23.2 Å². The quantitative estimate of drug-likeness (QED) is 0.775. The third kappa shape index (κ3) is 4.01. The van der Waals surface area contributed by atoms with Crippen molar-refractivity contribution >= 4 is 45.0 Å². The molecule has 0 radical (unpaired) electrons. The van der Waals surface area contributed by atoms with Crippen molar-refractivity contribution in [2.75, 3.05) is 18.9 Å². The van der Waals surface area contributed by atoms with E-state index in [1.807, 2.05) is 6.92 Å². The molecule has 0 aliphatic rings. The zero-order valence-electron chi connectivity index (χ0n) is 10.8. The van der Waals surface area contributed by atoms with Crippen LogP contribution in [0.5, 0.6) is 5.75 Å². The molecule has 0 spiro atoms. The molecule has 3 nitrogen and oxygen atoms in total. The molecule has 0 atom stereocenters. The summed E-state index contributed by atoms with van der Waals surface area (Å²) in [5.41, 5.74) is -0.102. The molecule has 19 heavy (non-hydrogen) atoms. The summed E-state index contributed by atoms with van der Waals surface area (Å²) in [7, 11) is 1.55. The number of hydrogen-bond acceptors (Lipinski definition) is 2. The van der Waals surface area contributed by atoms with E-state index < -0.39 is 5.54 Å². The van der Waals surface area contributed by atoms with Crippen LogP contribution < -0.4 is 10.1 Å². The maximum absolute atomic E-state index is 12.3. The molecule has 0 saturated heterocycles. The van der Waals surface area contributed by atoms with Crippen LogP contribution in [0.15, 0.2) is 22.7 Å². The number of carbonyl (C=O) groups excluding carboxylic acids is 1. The smallest absolute Gasteiger partial charge is 0.253 e. The monoisotopic (exact) mass is 367 g/mol. The van der Waals surface area contributed by atoms with Gasteiger partial charge in [-0.2, -0.15) is 0 Å². The van der Waals surface area contributed by atoms with Gasteiger partial charge in [0.05, 0.1) is 18.2 Å². The molecule has 0 fully saturated rings. The fourth-order valence-corrected chi connectivity index (χ4v) is 2.72. The van der Waals surface area contributed by atoms with Crippen LogP contribution in [-0.2, 0) is 0 Å². The van der Waals surface area contributed by atoms with Crippen LogP contribution >= 0.6 is 39.1 Å². The molecule has 0 saturated carbocycles. The number of amides is 1. The molecule has 1 N–H and O–H groups in total. The number of carbonyl (C=O) groups is 1. The highest BCUT2D eigenvalue weighted by molar-refractivity contribution is 9.10. The Bertz CT molecular complexity index is 442. The first kappa shape index (κ1) is 16.6. The number of benzene rings is 1. The first-order valence-electron chi connectivity index (χ1n) is 5.80. The summed E-state index contributed by atoms with van der Waals surface area (Å²) in [6.45, 7) is 1.94. The minimum Gasteiger partial charge on any atom is -0.497 e. The molecule has 0 unspecified atom stereocenters. The maximum Gasteiger partial charge on any atom is 0.253 e. The van der Waals surface area contributed by atoms with Crippen molar-refractivity contribution in [1.29, 1.82) is 0 Å². The van der Waals surface area contributed by atoms with Gasteiger partial charge in [-0.1, -0.05) is 6.92 Å². The van der Waals surface area contributed by atoms with Gasteiger partial charge in [-0.3, -0.25) is 4.79 Å². The minimum atomic E-state index is -0.595. The maximum atomic E-state index is 12.3. The minimum absolute atomic E-state index is 0.228. The standard InChI is InChI=1S/C13H16BrCl2NO2/c1-3-13(7-15,8-16)17-12(18)10-6-9(19-2)4-5-11(10)14/h4-6H,3,7-8H2,1-2H3,(H,17,18). The lowest BCUT2D eigenvalue weighted by Crippen LogP contribution is -2.51. The van der Waals surface area contributed by atoms with Crippen molar-refractivity contribution < 1.29 is 9.53 Å². The van der Waals surface area contributed by atoms with Crippen molar-refractivity contribution in [3.05, 3.63) is 28.2 Å².